The molecule has 10 rings (SSSR count). The number of ether oxygens (including phenoxy) is 1. The van der Waals surface area contributed by atoms with Gasteiger partial charge in [0.2, 0.25) is 0 Å². The summed E-state index contributed by atoms with van der Waals surface area (Å²) in [6.07, 6.45) is -16.1. The Hall–Kier alpha value is -5.91. The second-order valence-electron chi connectivity index (χ2n) is 18.4. The van der Waals surface area contributed by atoms with Crippen LogP contribution in [0.5, 0.6) is 0 Å². The number of benzene rings is 6. The first kappa shape index (κ1) is 61.3. The number of carbonyl (C=O) groups excluding carboxylic acids is 2. The summed E-state index contributed by atoms with van der Waals surface area (Å²) in [5, 5.41) is -5.75. The lowest BCUT2D eigenvalue weighted by Gasteiger charge is -2.54. The first-order chi connectivity index (χ1) is 36.3. The van der Waals surface area contributed by atoms with Gasteiger partial charge in [0.1, 0.15) is 5.78 Å². The van der Waals surface area contributed by atoms with Crippen molar-refractivity contribution in [2.45, 2.75) is 110 Å². The van der Waals surface area contributed by atoms with Crippen LogP contribution in [0.15, 0.2) is 211 Å². The van der Waals surface area contributed by atoms with E-state index in [1.165, 1.54) is 29.4 Å². The molecule has 4 bridgehead atoms. The average molecular weight is 1170 g/mol. The lowest BCUT2D eigenvalue weighted by Crippen LogP contribution is -2.59. The molecule has 0 radical (unpaired) electrons. The molecule has 4 saturated carbocycles. The van der Waals surface area contributed by atoms with Crippen molar-refractivity contribution in [1.29, 1.82) is 0 Å². The molecule has 6 aromatic carbocycles. The first-order valence-electron chi connectivity index (χ1n) is 23.5. The van der Waals surface area contributed by atoms with Gasteiger partial charge < -0.3 is 4.74 Å². The number of Topliss-reactive ketones (excluding diaryl/α,β-unsaturated/α-hetero) is 1. The van der Waals surface area contributed by atoms with Gasteiger partial charge in [-0.25, -0.2) is 0 Å². The van der Waals surface area contributed by atoms with Gasteiger partial charge in [-0.05, 0) is 111 Å². The summed E-state index contributed by atoms with van der Waals surface area (Å²) in [7, 11) is -6.51. The third-order valence-corrected chi connectivity index (χ3v) is 18.1. The normalized spacial score (nSPS) is 19.8. The second kappa shape index (κ2) is 24.2. The summed E-state index contributed by atoms with van der Waals surface area (Å²) in [5.74, 6) is -21.5. The van der Waals surface area contributed by atoms with Gasteiger partial charge in [-0.2, -0.15) is 69.9 Å². The molecule has 4 aliphatic rings. The Balaban J connectivity index is 0.000000172. The molecule has 418 valence electrons. The van der Waals surface area contributed by atoms with Crippen molar-refractivity contribution in [3.05, 3.63) is 182 Å². The molecule has 23 heteroatoms. The Labute approximate surface area is 445 Å². The first-order valence-corrected chi connectivity index (χ1v) is 27.4. The van der Waals surface area contributed by atoms with Crippen LogP contribution < -0.4 is 0 Å². The maximum atomic E-state index is 13.6. The number of alkyl halides is 14. The van der Waals surface area contributed by atoms with Gasteiger partial charge in [0, 0.05) is 18.8 Å². The van der Waals surface area contributed by atoms with E-state index in [1.54, 1.807) is 0 Å². The third kappa shape index (κ3) is 13.9. The van der Waals surface area contributed by atoms with Crippen molar-refractivity contribution in [2.75, 3.05) is 0 Å². The fourth-order valence-corrected chi connectivity index (χ4v) is 14.0. The monoisotopic (exact) mass is 1170 g/mol. The van der Waals surface area contributed by atoms with Crippen LogP contribution in [0.25, 0.3) is 0 Å². The van der Waals surface area contributed by atoms with Gasteiger partial charge in [-0.15, -0.1) is 0 Å². The second-order valence-corrected chi connectivity index (χ2v) is 24.0. The van der Waals surface area contributed by atoms with Gasteiger partial charge in [-0.1, -0.05) is 109 Å². The van der Waals surface area contributed by atoms with Gasteiger partial charge in [0.25, 0.3) is 6.10 Å². The maximum Gasteiger partial charge on any atom is 0.460 e. The number of esters is 1. The number of hydrogen-bond acceptors (Lipinski definition) is 5. The van der Waals surface area contributed by atoms with Crippen LogP contribution in [0.2, 0.25) is 0 Å². The highest BCUT2D eigenvalue weighted by Crippen LogP contribution is 2.60. The molecule has 1 N–H and O–H groups in total. The van der Waals surface area contributed by atoms with Crippen LogP contribution in [-0.4, -0.2) is 66.2 Å². The number of ketones is 1. The molecule has 0 saturated heterocycles. The summed E-state index contributed by atoms with van der Waals surface area (Å²) < 4.78 is 205. The quantitative estimate of drug-likeness (QED) is 0.0567. The highest BCUT2D eigenvalue weighted by Gasteiger charge is 2.80. The van der Waals surface area contributed by atoms with Crippen LogP contribution in [0.1, 0.15) is 39.0 Å². The molecule has 3 atom stereocenters. The van der Waals surface area contributed by atoms with Crippen LogP contribution in [0, 0.1) is 23.2 Å². The van der Waals surface area contributed by atoms with Crippen LogP contribution >= 0.6 is 0 Å². The van der Waals surface area contributed by atoms with Crippen molar-refractivity contribution >= 4 is 43.7 Å². The van der Waals surface area contributed by atoms with E-state index in [9.17, 15) is 79.5 Å². The summed E-state index contributed by atoms with van der Waals surface area (Å²) in [4.78, 5) is 32.6. The highest BCUT2D eigenvalue weighted by atomic mass is 32.2. The minimum Gasteiger partial charge on any atom is -0.444 e. The van der Waals surface area contributed by atoms with E-state index >= 15 is 0 Å². The molecule has 78 heavy (non-hydrogen) atoms. The van der Waals surface area contributed by atoms with Crippen molar-refractivity contribution < 1.29 is 88.8 Å². The van der Waals surface area contributed by atoms with Crippen molar-refractivity contribution in [2.24, 2.45) is 23.2 Å². The van der Waals surface area contributed by atoms with Crippen molar-refractivity contribution in [1.82, 2.24) is 0 Å². The smallest absolute Gasteiger partial charge is 0.444 e. The Morgan fingerprint density at radius 1 is 0.513 bits per heavy atom. The molecule has 6 nitrogen and oxygen atoms in total. The number of hydrogen-bond donors (Lipinski definition) is 1. The predicted octanol–water partition coefficient (Wildman–Crippen LogP) is 15.4. The van der Waals surface area contributed by atoms with Crippen LogP contribution in [-0.2, 0) is 46.2 Å². The fourth-order valence-electron chi connectivity index (χ4n) is 9.30. The molecule has 0 spiro atoms. The van der Waals surface area contributed by atoms with Gasteiger partial charge in [0.05, 0.1) is 27.2 Å². The maximum absolute atomic E-state index is 13.6. The standard InChI is InChI=1S/2C18H15S.C14H15F5O6S.C5H3F9/c2*1-4-10-16(11-5-1)19(17-12-6-2-7-13-17)18-14-8-3-9-15-18;15-13(16,17)10(14(18,19)26(22,23)24)25-11(21)12-3-6-1-7(4-12)9(20)8(2-6)5-12;1-2(6,7)3(8,9)4(10,11)5(12,13)14/h2*1-15H;6-8,10H,1-5H2,(H,22,23,24);1H3/q2*+1;;. The van der Waals surface area contributed by atoms with Gasteiger partial charge in [0.15, 0.2) is 29.4 Å². The zero-order valence-corrected chi connectivity index (χ0v) is 43.1. The molecule has 0 aromatic heterocycles. The number of rotatable bonds is 12. The summed E-state index contributed by atoms with van der Waals surface area (Å²) in [5.41, 5.74) is -1.51. The SMILES string of the molecule is CC(F)(F)C(F)(F)C(F)(F)C(F)(F)F.O=C1C2CC3CC1CC(C(=O)OC(C(F)(F)F)C(F)(F)S(=O)(=O)O)(C3)C2.c1ccc([S+](c2ccccc2)c2ccccc2)cc1.c1ccc([S+](c2ccccc2)c2ccccc2)cc1. The number of halogens is 14. The van der Waals surface area contributed by atoms with Crippen molar-refractivity contribution in [3.63, 3.8) is 0 Å². The summed E-state index contributed by atoms with van der Waals surface area (Å²) in [6, 6.07) is 64.3. The minimum absolute atomic E-state index is 0.0146. The molecular weight excluding hydrogens is 1120 g/mol. The molecule has 4 aliphatic carbocycles. The van der Waals surface area contributed by atoms with Crippen LogP contribution in [0.4, 0.5) is 61.5 Å². The Morgan fingerprint density at radius 2 is 0.795 bits per heavy atom. The molecule has 0 aliphatic heterocycles. The fraction of sp³-hybridized carbons (Fsp3) is 0.309. The predicted molar refractivity (Wildman–Crippen MR) is 263 cm³/mol. The Morgan fingerprint density at radius 3 is 1.01 bits per heavy atom. The van der Waals surface area contributed by atoms with E-state index in [0.717, 1.165) is 0 Å². The van der Waals surface area contributed by atoms with Crippen LogP contribution in [0.3, 0.4) is 0 Å². The molecule has 6 aromatic rings. The molecule has 0 amide bonds. The van der Waals surface area contributed by atoms with Crippen molar-refractivity contribution in [3.8, 4) is 0 Å². The number of carbonyl (C=O) groups is 2. The van der Waals surface area contributed by atoms with E-state index < -0.39 is 81.7 Å². The Kier molecular flexibility index (Phi) is 19.0. The van der Waals surface area contributed by atoms with E-state index in [1.807, 2.05) is 0 Å². The molecule has 3 unspecified atom stereocenters. The lowest BCUT2D eigenvalue weighted by atomic mass is 9.49. The average Bonchev–Trinajstić information content (AvgIpc) is 3.55. The zero-order chi connectivity index (χ0) is 57.5. The van der Waals surface area contributed by atoms with E-state index in [2.05, 4.69) is 187 Å². The molecule has 0 heterocycles. The largest absolute Gasteiger partial charge is 0.460 e. The van der Waals surface area contributed by atoms with Gasteiger partial charge in [-0.3, -0.25) is 14.1 Å². The zero-order valence-electron chi connectivity index (χ0n) is 40.7. The highest BCUT2D eigenvalue weighted by molar-refractivity contribution is 7.97. The Bertz CT molecular complexity index is 2660. The van der Waals surface area contributed by atoms with Gasteiger partial charge >= 0.3 is 51.5 Å². The molecule has 4 fully saturated rings. The summed E-state index contributed by atoms with van der Waals surface area (Å²) >= 11 is 0. The van der Waals surface area contributed by atoms with E-state index in [4.69, 9.17) is 4.55 Å². The van der Waals surface area contributed by atoms with E-state index in [-0.39, 0.29) is 52.8 Å². The summed E-state index contributed by atoms with van der Waals surface area (Å²) in [6.45, 7) is -0.716. The van der Waals surface area contributed by atoms with E-state index in [0.29, 0.717) is 12.8 Å². The lowest BCUT2D eigenvalue weighted by molar-refractivity contribution is -0.393. The molecular formula is C55H48F14O6S3+2. The topological polar surface area (TPSA) is 97.7 Å². The third-order valence-electron chi connectivity index (χ3n) is 12.8. The minimum atomic E-state index is -6.77.